The number of allylic oxidation sites excluding steroid dienone is 2. The van der Waals surface area contributed by atoms with Gasteiger partial charge in [0.25, 0.3) is 11.8 Å². The molecule has 1 aliphatic rings. The Kier molecular flexibility index (Phi) is 5.75. The van der Waals surface area contributed by atoms with Gasteiger partial charge in [0.1, 0.15) is 17.1 Å². The van der Waals surface area contributed by atoms with Crippen LogP contribution in [-0.2, 0) is 13.6 Å². The summed E-state index contributed by atoms with van der Waals surface area (Å²) in [6, 6.07) is 8.14. The predicted octanol–water partition coefficient (Wildman–Crippen LogP) is 2.45. The highest BCUT2D eigenvalue weighted by molar-refractivity contribution is 5.98. The van der Waals surface area contributed by atoms with Crippen LogP contribution in [0.1, 0.15) is 39.9 Å². The third-order valence-corrected chi connectivity index (χ3v) is 5.99. The number of carbonyl (C=O) groups is 2. The molecule has 1 aromatic carbocycles. The number of aromatic nitrogens is 4. The van der Waals surface area contributed by atoms with Crippen LogP contribution >= 0.6 is 0 Å². The summed E-state index contributed by atoms with van der Waals surface area (Å²) in [5, 5.41) is 9.71. The van der Waals surface area contributed by atoms with Crippen LogP contribution in [0.3, 0.4) is 0 Å². The van der Waals surface area contributed by atoms with Crippen LogP contribution in [-0.4, -0.2) is 43.2 Å². The summed E-state index contributed by atoms with van der Waals surface area (Å²) in [5.74, 6) is -1.39. The number of nitrogens with one attached hydrogen (secondary N) is 2. The maximum absolute atomic E-state index is 13.9. The summed E-state index contributed by atoms with van der Waals surface area (Å²) in [4.78, 5) is 41.8. The smallest absolute Gasteiger partial charge is 0.408 e. The van der Waals surface area contributed by atoms with Crippen molar-refractivity contribution in [3.05, 3.63) is 87.8 Å². The van der Waals surface area contributed by atoms with Gasteiger partial charge in [0.15, 0.2) is 11.2 Å². The van der Waals surface area contributed by atoms with Gasteiger partial charge >= 0.3 is 5.76 Å². The number of benzene rings is 1. The first-order chi connectivity index (χ1) is 17.2. The average molecular weight is 490 g/mol. The first kappa shape index (κ1) is 23.2. The van der Waals surface area contributed by atoms with Crippen molar-refractivity contribution in [1.82, 2.24) is 29.8 Å². The molecule has 1 atom stereocenters. The second-order valence-corrected chi connectivity index (χ2v) is 8.82. The van der Waals surface area contributed by atoms with Gasteiger partial charge in [0, 0.05) is 38.7 Å². The maximum atomic E-state index is 13.9. The van der Waals surface area contributed by atoms with Gasteiger partial charge in [-0.3, -0.25) is 14.2 Å². The van der Waals surface area contributed by atoms with E-state index < -0.39 is 23.2 Å². The van der Waals surface area contributed by atoms with Crippen molar-refractivity contribution in [1.29, 1.82) is 0 Å². The van der Waals surface area contributed by atoms with E-state index in [1.165, 1.54) is 34.3 Å². The minimum absolute atomic E-state index is 0.0508. The Bertz CT molecular complexity index is 1620. The summed E-state index contributed by atoms with van der Waals surface area (Å²) in [7, 11) is 1.60. The molecule has 10 nitrogen and oxygen atoms in total. The molecule has 0 saturated heterocycles. The maximum Gasteiger partial charge on any atom is 0.419 e. The standard InChI is InChI=1S/C25H23FN6O4/c1-25(26)8-5-15(6-9-25)13-28-23(34)19-12-17(30-21-7-10-29-32(19)21)22(33)27-14-16-3-4-20-18(11-16)31(2)24(35)36-20/h3-8,10-12H,9,13-14H2,1-2H3,(H,27,33)(H,28,34). The fourth-order valence-corrected chi connectivity index (χ4v) is 3.90. The van der Waals surface area contributed by atoms with Crippen LogP contribution < -0.4 is 16.4 Å². The largest absolute Gasteiger partial charge is 0.419 e. The highest BCUT2D eigenvalue weighted by Gasteiger charge is 2.22. The summed E-state index contributed by atoms with van der Waals surface area (Å²) in [5.41, 5.74) is 1.76. The molecule has 0 radical (unpaired) electrons. The van der Waals surface area contributed by atoms with Gasteiger partial charge in [-0.1, -0.05) is 18.2 Å². The lowest BCUT2D eigenvalue weighted by Gasteiger charge is -2.19. The van der Waals surface area contributed by atoms with E-state index in [2.05, 4.69) is 20.7 Å². The zero-order valence-corrected chi connectivity index (χ0v) is 19.6. The van der Waals surface area contributed by atoms with Gasteiger partial charge < -0.3 is 15.1 Å². The van der Waals surface area contributed by atoms with Gasteiger partial charge in [-0.15, -0.1) is 0 Å². The molecule has 3 aromatic heterocycles. The van der Waals surface area contributed by atoms with Crippen LogP contribution in [0.5, 0.6) is 0 Å². The van der Waals surface area contributed by atoms with Crippen LogP contribution in [0.25, 0.3) is 16.7 Å². The Morgan fingerprint density at radius 2 is 1.97 bits per heavy atom. The van der Waals surface area contributed by atoms with Gasteiger partial charge in [-0.2, -0.15) is 5.10 Å². The molecule has 0 fully saturated rings. The van der Waals surface area contributed by atoms with Crippen molar-refractivity contribution >= 4 is 28.6 Å². The Labute approximate surface area is 204 Å². The monoisotopic (exact) mass is 490 g/mol. The SMILES string of the molecule is Cn1c(=O)oc2ccc(CNC(=O)c3cc(C(=O)NCC4=CCC(C)(F)C=C4)n4nccc4n3)cc21. The zero-order chi connectivity index (χ0) is 25.4. The molecule has 1 aliphatic carbocycles. The quantitative estimate of drug-likeness (QED) is 0.428. The van der Waals surface area contributed by atoms with Crippen molar-refractivity contribution < 1.29 is 18.4 Å². The summed E-state index contributed by atoms with van der Waals surface area (Å²) < 4.78 is 21.8. The first-order valence-electron chi connectivity index (χ1n) is 11.3. The second-order valence-electron chi connectivity index (χ2n) is 8.82. The fraction of sp³-hybridized carbons (Fsp3) is 0.240. The van der Waals surface area contributed by atoms with Crippen molar-refractivity contribution in [2.45, 2.75) is 25.6 Å². The van der Waals surface area contributed by atoms with E-state index >= 15 is 0 Å². The van der Waals surface area contributed by atoms with Gasteiger partial charge in [0.2, 0.25) is 0 Å². The second kappa shape index (κ2) is 8.91. The van der Waals surface area contributed by atoms with E-state index in [0.717, 1.165) is 11.1 Å². The molecule has 2 N–H and O–H groups in total. The summed E-state index contributed by atoms with van der Waals surface area (Å²) in [6.07, 6.45) is 6.59. The topological polar surface area (TPSA) is 124 Å². The number of carbonyl (C=O) groups excluding carboxylic acids is 2. The Morgan fingerprint density at radius 1 is 1.17 bits per heavy atom. The van der Waals surface area contributed by atoms with Crippen LogP contribution in [0.4, 0.5) is 4.39 Å². The van der Waals surface area contributed by atoms with Gasteiger partial charge in [-0.05, 0) is 36.3 Å². The highest BCUT2D eigenvalue weighted by Crippen LogP contribution is 2.24. The van der Waals surface area contributed by atoms with Crippen LogP contribution in [0.2, 0.25) is 0 Å². The number of alkyl halides is 1. The van der Waals surface area contributed by atoms with Crippen molar-refractivity contribution in [2.75, 3.05) is 6.54 Å². The lowest BCUT2D eigenvalue weighted by Crippen LogP contribution is -2.30. The van der Waals surface area contributed by atoms with E-state index in [0.29, 0.717) is 16.7 Å². The number of halogens is 1. The van der Waals surface area contributed by atoms with Crippen molar-refractivity contribution in [3.8, 4) is 0 Å². The molecular formula is C25H23FN6O4. The van der Waals surface area contributed by atoms with E-state index in [4.69, 9.17) is 4.42 Å². The average Bonchev–Trinajstić information content (AvgIpc) is 3.45. The van der Waals surface area contributed by atoms with Crippen LogP contribution in [0.15, 0.2) is 69.5 Å². The number of rotatable bonds is 6. The van der Waals surface area contributed by atoms with Crippen LogP contribution in [0, 0.1) is 0 Å². The molecule has 0 saturated carbocycles. The van der Waals surface area contributed by atoms with E-state index in [9.17, 15) is 18.8 Å². The number of hydrogen-bond donors (Lipinski definition) is 2. The number of amides is 2. The molecule has 184 valence electrons. The molecule has 0 aliphatic heterocycles. The predicted molar refractivity (Wildman–Crippen MR) is 129 cm³/mol. The molecule has 0 spiro atoms. The van der Waals surface area contributed by atoms with E-state index in [1.807, 2.05) is 0 Å². The van der Waals surface area contributed by atoms with Crippen molar-refractivity contribution in [3.63, 3.8) is 0 Å². The molecule has 1 unspecified atom stereocenters. The Hall–Kier alpha value is -4.54. The number of oxazole rings is 1. The van der Waals surface area contributed by atoms with Gasteiger partial charge in [0.05, 0.1) is 11.7 Å². The fourth-order valence-electron chi connectivity index (χ4n) is 3.90. The molecule has 3 heterocycles. The minimum Gasteiger partial charge on any atom is -0.408 e. The van der Waals surface area contributed by atoms with E-state index in [-0.39, 0.29) is 30.9 Å². The normalized spacial score (nSPS) is 17.4. The number of nitrogens with zero attached hydrogens (tertiary/aromatic N) is 4. The molecule has 0 bridgehead atoms. The molecular weight excluding hydrogens is 467 g/mol. The minimum atomic E-state index is -1.39. The number of hydrogen-bond acceptors (Lipinski definition) is 6. The highest BCUT2D eigenvalue weighted by atomic mass is 19.1. The lowest BCUT2D eigenvalue weighted by molar-refractivity contribution is 0.0945. The molecule has 4 aromatic rings. The third kappa shape index (κ3) is 4.54. The molecule has 11 heteroatoms. The number of aryl methyl sites for hydroxylation is 1. The Morgan fingerprint density at radius 3 is 2.75 bits per heavy atom. The van der Waals surface area contributed by atoms with Crippen molar-refractivity contribution in [2.24, 2.45) is 7.05 Å². The summed E-state index contributed by atoms with van der Waals surface area (Å²) in [6.45, 7) is 1.87. The zero-order valence-electron chi connectivity index (χ0n) is 19.6. The molecule has 5 rings (SSSR count). The third-order valence-electron chi connectivity index (χ3n) is 5.99. The Balaban J connectivity index is 1.31. The molecule has 2 amide bonds. The summed E-state index contributed by atoms with van der Waals surface area (Å²) >= 11 is 0. The van der Waals surface area contributed by atoms with Gasteiger partial charge in [-0.25, -0.2) is 18.7 Å². The first-order valence-corrected chi connectivity index (χ1v) is 11.3. The lowest BCUT2D eigenvalue weighted by atomic mass is 9.96. The number of fused-ring (bicyclic) bond motifs is 2. The molecule has 36 heavy (non-hydrogen) atoms. The van der Waals surface area contributed by atoms with E-state index in [1.54, 1.807) is 43.5 Å².